The zero-order chi connectivity index (χ0) is 16.5. The average molecular weight is 319 g/mol. The SMILES string of the molecule is CC1(C)C2=CCCC=C2N2CCC3OC4=CC(=O)C=CC4=CC3=C21. The molecule has 1 fully saturated rings. The third-order valence-electron chi connectivity index (χ3n) is 5.76. The summed E-state index contributed by atoms with van der Waals surface area (Å²) in [4.78, 5) is 14.1. The predicted octanol–water partition coefficient (Wildman–Crippen LogP) is 3.94. The second-order valence-corrected chi connectivity index (χ2v) is 7.60. The summed E-state index contributed by atoms with van der Waals surface area (Å²) in [7, 11) is 0. The first kappa shape index (κ1) is 14.1. The Morgan fingerprint density at radius 3 is 2.88 bits per heavy atom. The van der Waals surface area contributed by atoms with Crippen LogP contribution in [0.4, 0.5) is 0 Å². The Bertz CT molecular complexity index is 845. The topological polar surface area (TPSA) is 29.5 Å². The number of hydrogen-bond acceptors (Lipinski definition) is 3. The fraction of sp³-hybridized carbons (Fsp3) is 0.381. The number of rotatable bonds is 0. The van der Waals surface area contributed by atoms with Crippen molar-refractivity contribution in [3.63, 3.8) is 0 Å². The molecular weight excluding hydrogens is 298 g/mol. The molecule has 0 spiro atoms. The summed E-state index contributed by atoms with van der Waals surface area (Å²) in [6.45, 7) is 5.63. The number of ketones is 1. The van der Waals surface area contributed by atoms with E-state index in [2.05, 4.69) is 37.0 Å². The zero-order valence-corrected chi connectivity index (χ0v) is 14.1. The minimum atomic E-state index is 0.0100. The van der Waals surface area contributed by atoms with Gasteiger partial charge in [-0.1, -0.05) is 26.0 Å². The quantitative estimate of drug-likeness (QED) is 0.677. The molecule has 3 aliphatic heterocycles. The van der Waals surface area contributed by atoms with Crippen molar-refractivity contribution in [1.29, 1.82) is 0 Å². The van der Waals surface area contributed by atoms with Crippen molar-refractivity contribution in [3.8, 4) is 0 Å². The maximum Gasteiger partial charge on any atom is 0.182 e. The van der Waals surface area contributed by atoms with Gasteiger partial charge < -0.3 is 9.64 Å². The monoisotopic (exact) mass is 319 g/mol. The number of carbonyl (C=O) groups excluding carboxylic acids is 1. The Morgan fingerprint density at radius 1 is 1.17 bits per heavy atom. The van der Waals surface area contributed by atoms with Gasteiger partial charge in [-0.3, -0.25) is 4.79 Å². The van der Waals surface area contributed by atoms with Crippen LogP contribution in [0, 0.1) is 5.41 Å². The van der Waals surface area contributed by atoms with Gasteiger partial charge in [0.1, 0.15) is 11.9 Å². The van der Waals surface area contributed by atoms with Crippen LogP contribution in [-0.4, -0.2) is 23.3 Å². The lowest BCUT2D eigenvalue weighted by atomic mass is 9.77. The van der Waals surface area contributed by atoms with Crippen LogP contribution in [0.5, 0.6) is 0 Å². The Hall–Kier alpha value is -2.29. The van der Waals surface area contributed by atoms with Crippen molar-refractivity contribution in [2.75, 3.05) is 6.54 Å². The van der Waals surface area contributed by atoms with Crippen molar-refractivity contribution in [3.05, 3.63) is 70.3 Å². The van der Waals surface area contributed by atoms with Crippen molar-refractivity contribution in [2.45, 2.75) is 39.2 Å². The van der Waals surface area contributed by atoms with Crippen molar-refractivity contribution in [1.82, 2.24) is 4.90 Å². The lowest BCUT2D eigenvalue weighted by Gasteiger charge is -2.39. The average Bonchev–Trinajstić information content (AvgIpc) is 2.81. The van der Waals surface area contributed by atoms with Crippen LogP contribution in [0.3, 0.4) is 0 Å². The summed E-state index contributed by atoms with van der Waals surface area (Å²) in [5.74, 6) is 0.746. The summed E-state index contributed by atoms with van der Waals surface area (Å²) < 4.78 is 6.22. The highest BCUT2D eigenvalue weighted by atomic mass is 16.5. The molecule has 24 heavy (non-hydrogen) atoms. The molecule has 0 radical (unpaired) electrons. The van der Waals surface area contributed by atoms with Crippen molar-refractivity contribution >= 4 is 5.78 Å². The molecule has 3 nitrogen and oxygen atoms in total. The molecule has 2 aliphatic carbocycles. The lowest BCUT2D eigenvalue weighted by molar-refractivity contribution is -0.110. The van der Waals surface area contributed by atoms with E-state index in [4.69, 9.17) is 4.74 Å². The Kier molecular flexibility index (Phi) is 2.71. The largest absolute Gasteiger partial charge is 0.485 e. The molecule has 1 atom stereocenters. The fourth-order valence-electron chi connectivity index (χ4n) is 4.72. The zero-order valence-electron chi connectivity index (χ0n) is 14.1. The van der Waals surface area contributed by atoms with Gasteiger partial charge in [0, 0.05) is 47.0 Å². The second kappa shape index (κ2) is 4.62. The molecule has 0 aromatic rings. The van der Waals surface area contributed by atoms with Crippen LogP contribution in [0.2, 0.25) is 0 Å². The first-order chi connectivity index (χ1) is 11.6. The first-order valence-electron chi connectivity index (χ1n) is 8.81. The highest BCUT2D eigenvalue weighted by Crippen LogP contribution is 2.55. The Morgan fingerprint density at radius 2 is 2.00 bits per heavy atom. The van der Waals surface area contributed by atoms with Crippen LogP contribution in [0.25, 0.3) is 0 Å². The van der Waals surface area contributed by atoms with Crippen LogP contribution in [-0.2, 0) is 9.53 Å². The number of hydrogen-bond donors (Lipinski definition) is 0. The van der Waals surface area contributed by atoms with E-state index < -0.39 is 0 Å². The van der Waals surface area contributed by atoms with Crippen molar-refractivity contribution < 1.29 is 9.53 Å². The molecule has 5 rings (SSSR count). The van der Waals surface area contributed by atoms with E-state index in [1.165, 1.54) is 22.5 Å². The third kappa shape index (κ3) is 1.75. The molecule has 122 valence electrons. The first-order valence-corrected chi connectivity index (χ1v) is 8.81. The van der Waals surface area contributed by atoms with Gasteiger partial charge in [0.15, 0.2) is 5.78 Å². The predicted molar refractivity (Wildman–Crippen MR) is 92.7 cm³/mol. The van der Waals surface area contributed by atoms with E-state index in [0.717, 1.165) is 37.1 Å². The van der Waals surface area contributed by atoms with E-state index in [9.17, 15) is 4.79 Å². The summed E-state index contributed by atoms with van der Waals surface area (Å²) in [6.07, 6.45) is 15.5. The van der Waals surface area contributed by atoms with Gasteiger partial charge in [-0.15, -0.1) is 0 Å². The van der Waals surface area contributed by atoms with Crippen LogP contribution >= 0.6 is 0 Å². The van der Waals surface area contributed by atoms with E-state index in [1.54, 1.807) is 12.2 Å². The third-order valence-corrected chi connectivity index (χ3v) is 5.76. The number of ether oxygens (including phenoxy) is 1. The molecule has 1 unspecified atom stereocenters. The molecule has 0 amide bonds. The van der Waals surface area contributed by atoms with Crippen LogP contribution in [0.15, 0.2) is 70.3 Å². The molecular formula is C21H21NO2. The number of carbonyl (C=O) groups is 1. The molecule has 0 N–H and O–H groups in total. The van der Waals surface area contributed by atoms with Gasteiger partial charge in [0.25, 0.3) is 0 Å². The highest BCUT2D eigenvalue weighted by Gasteiger charge is 2.48. The Balaban J connectivity index is 1.72. The molecule has 0 saturated carbocycles. The summed E-state index contributed by atoms with van der Waals surface area (Å²) in [6, 6.07) is 0. The van der Waals surface area contributed by atoms with Gasteiger partial charge in [0.2, 0.25) is 0 Å². The smallest absolute Gasteiger partial charge is 0.182 e. The van der Waals surface area contributed by atoms with Gasteiger partial charge in [-0.25, -0.2) is 0 Å². The molecule has 3 heteroatoms. The van der Waals surface area contributed by atoms with Gasteiger partial charge in [-0.2, -0.15) is 0 Å². The maximum absolute atomic E-state index is 11.6. The second-order valence-electron chi connectivity index (χ2n) is 7.60. The van der Waals surface area contributed by atoms with Crippen LogP contribution in [0.1, 0.15) is 33.1 Å². The normalized spacial score (nSPS) is 29.5. The van der Waals surface area contributed by atoms with E-state index in [-0.39, 0.29) is 17.3 Å². The molecule has 3 heterocycles. The van der Waals surface area contributed by atoms with Crippen molar-refractivity contribution in [2.24, 2.45) is 5.41 Å². The molecule has 0 bridgehead atoms. The van der Waals surface area contributed by atoms with Gasteiger partial charge in [-0.05, 0) is 36.6 Å². The number of fused-ring (bicyclic) bond motifs is 5. The summed E-state index contributed by atoms with van der Waals surface area (Å²) >= 11 is 0. The van der Waals surface area contributed by atoms with E-state index in [1.807, 2.05) is 6.08 Å². The minimum Gasteiger partial charge on any atom is -0.485 e. The number of allylic oxidation sites excluding steroid dienone is 7. The molecule has 1 saturated heterocycles. The van der Waals surface area contributed by atoms with Gasteiger partial charge >= 0.3 is 0 Å². The van der Waals surface area contributed by atoms with Crippen LogP contribution < -0.4 is 0 Å². The fourth-order valence-corrected chi connectivity index (χ4v) is 4.72. The van der Waals surface area contributed by atoms with E-state index in [0.29, 0.717) is 0 Å². The summed E-state index contributed by atoms with van der Waals surface area (Å²) in [5, 5.41) is 0. The molecule has 5 aliphatic rings. The lowest BCUT2D eigenvalue weighted by Crippen LogP contribution is -2.36. The molecule has 0 aromatic carbocycles. The summed E-state index contributed by atoms with van der Waals surface area (Å²) in [5.41, 5.74) is 6.57. The number of nitrogens with zero attached hydrogens (tertiary/aromatic N) is 1. The van der Waals surface area contributed by atoms with E-state index >= 15 is 0 Å². The van der Waals surface area contributed by atoms with Gasteiger partial charge in [0.05, 0.1) is 0 Å². The maximum atomic E-state index is 11.6. The Labute approximate surface area is 142 Å². The molecule has 0 aromatic heterocycles. The standard InChI is InChI=1S/C21H21NO2/c1-21(2)16-5-3-4-6-17(16)22-10-9-18-15(20(21)22)11-13-7-8-14(23)12-19(13)24-18/h5-8,11-12,18H,3-4,9-10H2,1-2H3. The highest BCUT2D eigenvalue weighted by molar-refractivity contribution is 6.02. The minimum absolute atomic E-state index is 0.0100.